The SMILES string of the molecule is N#Cc1cccc(-c2c(-c3ccc4sc5ccccc5c4c3)cccc2-c2cccc3c2sc2ccccc23)c1. The van der Waals surface area contributed by atoms with Crippen LogP contribution in [0.2, 0.25) is 0 Å². The van der Waals surface area contributed by atoms with Crippen LogP contribution >= 0.6 is 22.7 Å². The van der Waals surface area contributed by atoms with Crippen LogP contribution in [0.5, 0.6) is 0 Å². The lowest BCUT2D eigenvalue weighted by molar-refractivity contribution is 1.48. The molecule has 0 aliphatic heterocycles. The van der Waals surface area contributed by atoms with E-state index in [-0.39, 0.29) is 0 Å². The Morgan fingerprint density at radius 1 is 0.450 bits per heavy atom. The highest BCUT2D eigenvalue weighted by atomic mass is 32.1. The van der Waals surface area contributed by atoms with Gasteiger partial charge in [-0.3, -0.25) is 0 Å². The number of thiophene rings is 2. The topological polar surface area (TPSA) is 23.8 Å². The maximum absolute atomic E-state index is 9.75. The molecule has 6 aromatic carbocycles. The molecule has 0 bridgehead atoms. The van der Waals surface area contributed by atoms with Gasteiger partial charge in [-0.05, 0) is 64.2 Å². The summed E-state index contributed by atoms with van der Waals surface area (Å²) < 4.78 is 5.19. The Kier molecular flexibility index (Phi) is 5.31. The smallest absolute Gasteiger partial charge is 0.0991 e. The summed E-state index contributed by atoms with van der Waals surface area (Å²) in [5.41, 5.74) is 7.63. The maximum Gasteiger partial charge on any atom is 0.0991 e. The molecule has 2 aromatic heterocycles. The number of hydrogen-bond donors (Lipinski definition) is 0. The summed E-state index contributed by atoms with van der Waals surface area (Å²) in [4.78, 5) is 0. The molecule has 0 fully saturated rings. The van der Waals surface area contributed by atoms with E-state index in [1.165, 1.54) is 62.6 Å². The number of hydrogen-bond acceptors (Lipinski definition) is 3. The third-order valence-corrected chi connectivity index (χ3v) is 10.1. The normalized spacial score (nSPS) is 11.5. The molecular formula is C37H21NS2. The summed E-state index contributed by atoms with van der Waals surface area (Å²) in [5, 5.41) is 14.9. The minimum Gasteiger partial charge on any atom is -0.192 e. The summed E-state index contributed by atoms with van der Waals surface area (Å²) >= 11 is 3.69. The van der Waals surface area contributed by atoms with Crippen molar-refractivity contribution < 1.29 is 0 Å². The summed E-state index contributed by atoms with van der Waals surface area (Å²) in [6, 6.07) is 47.8. The van der Waals surface area contributed by atoms with Crippen molar-refractivity contribution in [3.8, 4) is 39.4 Å². The van der Waals surface area contributed by atoms with Gasteiger partial charge in [0.2, 0.25) is 0 Å². The van der Waals surface area contributed by atoms with Crippen molar-refractivity contribution in [2.24, 2.45) is 0 Å². The minimum absolute atomic E-state index is 0.664. The van der Waals surface area contributed by atoms with Crippen molar-refractivity contribution in [2.75, 3.05) is 0 Å². The van der Waals surface area contributed by atoms with E-state index in [4.69, 9.17) is 0 Å². The number of fused-ring (bicyclic) bond motifs is 6. The first-order chi connectivity index (χ1) is 19.8. The van der Waals surface area contributed by atoms with Gasteiger partial charge in [-0.1, -0.05) is 91.0 Å². The van der Waals surface area contributed by atoms with E-state index in [0.29, 0.717) is 5.56 Å². The fourth-order valence-corrected chi connectivity index (χ4v) is 8.24. The number of nitrogens with zero attached hydrogens (tertiary/aromatic N) is 1. The molecule has 8 rings (SSSR count). The largest absolute Gasteiger partial charge is 0.192 e. The van der Waals surface area contributed by atoms with E-state index in [0.717, 1.165) is 11.1 Å². The Morgan fingerprint density at radius 2 is 1.10 bits per heavy atom. The molecule has 0 radical (unpaired) electrons. The molecule has 0 aliphatic rings. The Hall–Kier alpha value is -4.75. The van der Waals surface area contributed by atoms with Crippen LogP contribution in [0.15, 0.2) is 127 Å². The van der Waals surface area contributed by atoms with Crippen molar-refractivity contribution in [3.05, 3.63) is 133 Å². The van der Waals surface area contributed by atoms with Crippen LogP contribution in [0.1, 0.15) is 5.56 Å². The van der Waals surface area contributed by atoms with Crippen LogP contribution in [-0.2, 0) is 0 Å². The zero-order chi connectivity index (χ0) is 26.6. The van der Waals surface area contributed by atoms with Crippen LogP contribution in [0.25, 0.3) is 73.7 Å². The van der Waals surface area contributed by atoms with Crippen molar-refractivity contribution in [1.82, 2.24) is 0 Å². The second-order valence-electron chi connectivity index (χ2n) is 10.0. The van der Waals surface area contributed by atoms with Crippen molar-refractivity contribution in [2.45, 2.75) is 0 Å². The van der Waals surface area contributed by atoms with E-state index in [9.17, 15) is 5.26 Å². The highest BCUT2D eigenvalue weighted by Crippen LogP contribution is 2.46. The van der Waals surface area contributed by atoms with Gasteiger partial charge in [0.1, 0.15) is 0 Å². The average Bonchev–Trinajstić information content (AvgIpc) is 3.59. The van der Waals surface area contributed by atoms with Gasteiger partial charge in [0.15, 0.2) is 0 Å². The van der Waals surface area contributed by atoms with Gasteiger partial charge in [0, 0.05) is 45.9 Å². The Morgan fingerprint density at radius 3 is 1.95 bits per heavy atom. The zero-order valence-electron chi connectivity index (χ0n) is 21.4. The number of nitriles is 1. The number of benzene rings is 6. The highest BCUT2D eigenvalue weighted by Gasteiger charge is 2.18. The highest BCUT2D eigenvalue weighted by molar-refractivity contribution is 7.26. The van der Waals surface area contributed by atoms with Crippen LogP contribution < -0.4 is 0 Å². The molecule has 8 aromatic rings. The van der Waals surface area contributed by atoms with E-state index < -0.39 is 0 Å². The third-order valence-electron chi connectivity index (χ3n) is 7.73. The lowest BCUT2D eigenvalue weighted by Crippen LogP contribution is -1.91. The summed E-state index contributed by atoms with van der Waals surface area (Å²) in [6.07, 6.45) is 0. The molecule has 0 saturated carbocycles. The molecule has 0 atom stereocenters. The Bertz CT molecular complexity index is 2290. The second-order valence-corrected chi connectivity index (χ2v) is 12.1. The average molecular weight is 544 g/mol. The van der Waals surface area contributed by atoms with Gasteiger partial charge >= 0.3 is 0 Å². The van der Waals surface area contributed by atoms with Crippen molar-refractivity contribution >= 4 is 63.0 Å². The van der Waals surface area contributed by atoms with Gasteiger partial charge in [0.05, 0.1) is 11.6 Å². The fourth-order valence-electron chi connectivity index (χ4n) is 5.93. The minimum atomic E-state index is 0.664. The van der Waals surface area contributed by atoms with Gasteiger partial charge in [-0.15, -0.1) is 22.7 Å². The first-order valence-corrected chi connectivity index (χ1v) is 14.9. The van der Waals surface area contributed by atoms with Crippen LogP contribution in [0.4, 0.5) is 0 Å². The summed E-state index contributed by atoms with van der Waals surface area (Å²) in [7, 11) is 0. The summed E-state index contributed by atoms with van der Waals surface area (Å²) in [5.74, 6) is 0. The molecule has 0 amide bonds. The molecule has 0 spiro atoms. The zero-order valence-corrected chi connectivity index (χ0v) is 23.0. The first kappa shape index (κ1) is 23.2. The Balaban J connectivity index is 1.45. The van der Waals surface area contributed by atoms with Crippen LogP contribution in [-0.4, -0.2) is 0 Å². The second kappa shape index (κ2) is 9.17. The molecule has 0 aliphatic carbocycles. The lowest BCUT2D eigenvalue weighted by Gasteiger charge is -2.17. The van der Waals surface area contributed by atoms with E-state index in [1.807, 2.05) is 40.9 Å². The van der Waals surface area contributed by atoms with Gasteiger partial charge < -0.3 is 0 Å². The lowest BCUT2D eigenvalue weighted by atomic mass is 9.86. The molecule has 40 heavy (non-hydrogen) atoms. The quantitative estimate of drug-likeness (QED) is 0.217. The fraction of sp³-hybridized carbons (Fsp3) is 0. The molecule has 0 N–H and O–H groups in total. The number of rotatable bonds is 3. The van der Waals surface area contributed by atoms with Gasteiger partial charge in [-0.2, -0.15) is 5.26 Å². The molecule has 0 saturated heterocycles. The van der Waals surface area contributed by atoms with E-state index in [1.54, 1.807) is 0 Å². The van der Waals surface area contributed by atoms with Gasteiger partial charge in [-0.25, -0.2) is 0 Å². The predicted molar refractivity (Wildman–Crippen MR) is 173 cm³/mol. The standard InChI is InChI=1S/C37H21NS2/c38-22-23-8-5-9-25(20-23)36-26(24-18-19-35-32(21-24)28-11-2-3-16-33(28)39-35)12-6-13-29(36)31-15-7-14-30-27-10-1-4-17-34(27)40-37(30)31/h1-21H. The van der Waals surface area contributed by atoms with Crippen LogP contribution in [0, 0.1) is 11.3 Å². The maximum atomic E-state index is 9.75. The van der Waals surface area contributed by atoms with Crippen molar-refractivity contribution in [3.63, 3.8) is 0 Å². The summed E-state index contributed by atoms with van der Waals surface area (Å²) in [6.45, 7) is 0. The molecule has 1 nitrogen and oxygen atoms in total. The van der Waals surface area contributed by atoms with E-state index in [2.05, 4.69) is 115 Å². The molecule has 0 unspecified atom stereocenters. The van der Waals surface area contributed by atoms with Crippen LogP contribution in [0.3, 0.4) is 0 Å². The van der Waals surface area contributed by atoms with Gasteiger partial charge in [0.25, 0.3) is 0 Å². The third kappa shape index (κ3) is 3.58. The van der Waals surface area contributed by atoms with Crippen molar-refractivity contribution in [1.29, 1.82) is 5.26 Å². The molecular weight excluding hydrogens is 523 g/mol. The molecule has 186 valence electrons. The first-order valence-electron chi connectivity index (χ1n) is 13.2. The Labute approximate surface area is 239 Å². The molecule has 2 heterocycles. The predicted octanol–water partition coefficient (Wildman–Crippen LogP) is 11.3. The van der Waals surface area contributed by atoms with E-state index >= 15 is 0 Å². The molecule has 3 heteroatoms. The monoisotopic (exact) mass is 543 g/mol.